The largest absolute Gasteiger partial charge is 0.407 e. The van der Waals surface area contributed by atoms with E-state index in [1.165, 1.54) is 0 Å². The van der Waals surface area contributed by atoms with Gasteiger partial charge in [0.05, 0.1) is 6.54 Å². The van der Waals surface area contributed by atoms with Crippen molar-refractivity contribution in [2.45, 2.75) is 33.0 Å². The summed E-state index contributed by atoms with van der Waals surface area (Å²) in [6, 6.07) is 4.85. The van der Waals surface area contributed by atoms with Gasteiger partial charge in [-0.3, -0.25) is 4.98 Å². The van der Waals surface area contributed by atoms with Crippen molar-refractivity contribution >= 4 is 6.01 Å². The number of pyridine rings is 1. The predicted octanol–water partition coefficient (Wildman–Crippen LogP) is 1.60. The minimum atomic E-state index is 0.393. The third kappa shape index (κ3) is 4.03. The summed E-state index contributed by atoms with van der Waals surface area (Å²) in [6.07, 6.45) is 3.55. The molecule has 0 unspecified atom stereocenters. The maximum atomic E-state index is 5.59. The highest BCUT2D eigenvalue weighted by Crippen LogP contribution is 2.13. The zero-order chi connectivity index (χ0) is 13.7. The van der Waals surface area contributed by atoms with Crippen LogP contribution in [-0.2, 0) is 13.1 Å². The molecule has 0 aliphatic heterocycles. The summed E-state index contributed by atoms with van der Waals surface area (Å²) in [5.74, 6) is 0.602. The molecule has 6 heteroatoms. The Morgan fingerprint density at radius 2 is 2.00 bits per heavy atom. The molecule has 2 rings (SSSR count). The molecule has 0 spiro atoms. The Bertz CT molecular complexity index is 497. The van der Waals surface area contributed by atoms with Gasteiger partial charge in [0.15, 0.2) is 0 Å². The van der Waals surface area contributed by atoms with Crippen molar-refractivity contribution in [3.8, 4) is 0 Å². The van der Waals surface area contributed by atoms with Crippen LogP contribution in [0.25, 0.3) is 0 Å². The first kappa shape index (κ1) is 13.5. The molecule has 2 heterocycles. The molecule has 0 bridgehead atoms. The SMILES string of the molecule is CC(C)NCc1nnc(N(C)Cc2ccncc2)o1. The molecule has 0 aliphatic carbocycles. The highest BCUT2D eigenvalue weighted by atomic mass is 16.4. The van der Waals surface area contributed by atoms with Gasteiger partial charge in [-0.1, -0.05) is 18.9 Å². The van der Waals surface area contributed by atoms with Crippen LogP contribution in [0.5, 0.6) is 0 Å². The monoisotopic (exact) mass is 261 g/mol. The van der Waals surface area contributed by atoms with Crippen molar-refractivity contribution in [3.05, 3.63) is 36.0 Å². The summed E-state index contributed by atoms with van der Waals surface area (Å²) in [4.78, 5) is 5.91. The molecule has 0 saturated carbocycles. The Labute approximate surface area is 112 Å². The number of nitrogens with one attached hydrogen (secondary N) is 1. The molecule has 19 heavy (non-hydrogen) atoms. The van der Waals surface area contributed by atoms with Crippen LogP contribution in [0.3, 0.4) is 0 Å². The van der Waals surface area contributed by atoms with E-state index < -0.39 is 0 Å². The van der Waals surface area contributed by atoms with E-state index in [0.29, 0.717) is 31.0 Å². The Morgan fingerprint density at radius 1 is 1.26 bits per heavy atom. The molecular formula is C13H19N5O. The lowest BCUT2D eigenvalue weighted by molar-refractivity contribution is 0.449. The van der Waals surface area contributed by atoms with Gasteiger partial charge in [0.25, 0.3) is 0 Å². The Hall–Kier alpha value is -1.95. The Balaban J connectivity index is 1.94. The van der Waals surface area contributed by atoms with E-state index >= 15 is 0 Å². The van der Waals surface area contributed by atoms with E-state index in [2.05, 4.69) is 34.3 Å². The van der Waals surface area contributed by atoms with Crippen LogP contribution >= 0.6 is 0 Å². The second kappa shape index (κ2) is 6.29. The van der Waals surface area contributed by atoms with E-state index in [1.54, 1.807) is 12.4 Å². The molecule has 0 aromatic carbocycles. The van der Waals surface area contributed by atoms with E-state index in [-0.39, 0.29) is 0 Å². The standard InChI is InChI=1S/C13H19N5O/c1-10(2)15-8-12-16-17-13(19-12)18(3)9-11-4-6-14-7-5-11/h4-7,10,15H,8-9H2,1-3H3. The lowest BCUT2D eigenvalue weighted by Crippen LogP contribution is -2.22. The molecule has 2 aromatic heterocycles. The maximum Gasteiger partial charge on any atom is 0.318 e. The van der Waals surface area contributed by atoms with Crippen molar-refractivity contribution < 1.29 is 4.42 Å². The number of rotatable bonds is 6. The Morgan fingerprint density at radius 3 is 2.68 bits per heavy atom. The van der Waals surface area contributed by atoms with Gasteiger partial charge in [0.1, 0.15) is 0 Å². The highest BCUT2D eigenvalue weighted by molar-refractivity contribution is 5.25. The quantitative estimate of drug-likeness (QED) is 0.852. The first-order chi connectivity index (χ1) is 9.15. The molecular weight excluding hydrogens is 242 g/mol. The lowest BCUT2D eigenvalue weighted by atomic mass is 10.2. The summed E-state index contributed by atoms with van der Waals surface area (Å²) in [5.41, 5.74) is 1.15. The van der Waals surface area contributed by atoms with Crippen molar-refractivity contribution in [1.29, 1.82) is 0 Å². The third-order valence-corrected chi connectivity index (χ3v) is 2.61. The van der Waals surface area contributed by atoms with E-state index in [1.807, 2.05) is 24.1 Å². The molecule has 0 atom stereocenters. The fourth-order valence-electron chi connectivity index (χ4n) is 1.59. The fourth-order valence-corrected chi connectivity index (χ4v) is 1.59. The molecule has 0 radical (unpaired) electrons. The smallest absolute Gasteiger partial charge is 0.318 e. The summed E-state index contributed by atoms with van der Waals surface area (Å²) in [6.45, 7) is 5.45. The van der Waals surface area contributed by atoms with Gasteiger partial charge in [0.2, 0.25) is 5.89 Å². The molecule has 0 fully saturated rings. The van der Waals surface area contributed by atoms with Crippen LogP contribution in [0.4, 0.5) is 6.01 Å². The highest BCUT2D eigenvalue weighted by Gasteiger charge is 2.11. The average Bonchev–Trinajstić information content (AvgIpc) is 2.86. The summed E-state index contributed by atoms with van der Waals surface area (Å²) < 4.78 is 5.59. The molecule has 102 valence electrons. The third-order valence-electron chi connectivity index (χ3n) is 2.61. The molecule has 0 saturated heterocycles. The topological polar surface area (TPSA) is 67.1 Å². The predicted molar refractivity (Wildman–Crippen MR) is 72.6 cm³/mol. The van der Waals surface area contributed by atoms with E-state index in [4.69, 9.17) is 4.42 Å². The van der Waals surface area contributed by atoms with Crippen LogP contribution in [0.2, 0.25) is 0 Å². The van der Waals surface area contributed by atoms with Gasteiger partial charge < -0.3 is 14.6 Å². The number of aromatic nitrogens is 3. The van der Waals surface area contributed by atoms with Gasteiger partial charge in [-0.2, -0.15) is 0 Å². The average molecular weight is 261 g/mol. The van der Waals surface area contributed by atoms with Gasteiger partial charge in [0, 0.05) is 32.0 Å². The lowest BCUT2D eigenvalue weighted by Gasteiger charge is -2.13. The minimum absolute atomic E-state index is 0.393. The van der Waals surface area contributed by atoms with E-state index in [0.717, 1.165) is 5.56 Å². The van der Waals surface area contributed by atoms with Crippen LogP contribution in [-0.4, -0.2) is 28.3 Å². The fraction of sp³-hybridized carbons (Fsp3) is 0.462. The number of hydrogen-bond acceptors (Lipinski definition) is 6. The van der Waals surface area contributed by atoms with Gasteiger partial charge in [-0.15, -0.1) is 5.10 Å². The Kier molecular flexibility index (Phi) is 4.46. The van der Waals surface area contributed by atoms with E-state index in [9.17, 15) is 0 Å². The second-order valence-electron chi connectivity index (χ2n) is 4.73. The van der Waals surface area contributed by atoms with Crippen molar-refractivity contribution in [2.75, 3.05) is 11.9 Å². The van der Waals surface area contributed by atoms with Crippen molar-refractivity contribution in [3.63, 3.8) is 0 Å². The first-order valence-electron chi connectivity index (χ1n) is 6.31. The molecule has 0 aliphatic rings. The zero-order valence-electron chi connectivity index (χ0n) is 11.5. The summed E-state index contributed by atoms with van der Waals surface area (Å²) in [7, 11) is 1.92. The molecule has 6 nitrogen and oxygen atoms in total. The summed E-state index contributed by atoms with van der Waals surface area (Å²) >= 11 is 0. The second-order valence-corrected chi connectivity index (χ2v) is 4.73. The number of nitrogens with zero attached hydrogens (tertiary/aromatic N) is 4. The van der Waals surface area contributed by atoms with Crippen LogP contribution in [0.15, 0.2) is 28.9 Å². The van der Waals surface area contributed by atoms with Crippen molar-refractivity contribution in [2.24, 2.45) is 0 Å². The zero-order valence-corrected chi connectivity index (χ0v) is 11.5. The normalized spacial score (nSPS) is 10.9. The molecule has 1 N–H and O–H groups in total. The van der Waals surface area contributed by atoms with Gasteiger partial charge in [-0.05, 0) is 17.7 Å². The minimum Gasteiger partial charge on any atom is -0.407 e. The van der Waals surface area contributed by atoms with Crippen LogP contribution in [0, 0.1) is 0 Å². The first-order valence-corrected chi connectivity index (χ1v) is 6.31. The van der Waals surface area contributed by atoms with Crippen LogP contribution in [0.1, 0.15) is 25.3 Å². The number of anilines is 1. The van der Waals surface area contributed by atoms with Gasteiger partial charge in [-0.25, -0.2) is 0 Å². The van der Waals surface area contributed by atoms with Gasteiger partial charge >= 0.3 is 6.01 Å². The maximum absolute atomic E-state index is 5.59. The molecule has 2 aromatic rings. The van der Waals surface area contributed by atoms with Crippen molar-refractivity contribution in [1.82, 2.24) is 20.5 Å². The van der Waals surface area contributed by atoms with Crippen LogP contribution < -0.4 is 10.2 Å². The number of hydrogen-bond donors (Lipinski definition) is 1. The summed E-state index contributed by atoms with van der Waals surface area (Å²) in [5, 5.41) is 11.3. The molecule has 0 amide bonds.